The van der Waals surface area contributed by atoms with Crippen molar-refractivity contribution in [3.05, 3.63) is 64.8 Å². The fourth-order valence-corrected chi connectivity index (χ4v) is 2.51. The van der Waals surface area contributed by atoms with Crippen LogP contribution in [-0.4, -0.2) is 18.1 Å². The van der Waals surface area contributed by atoms with Crippen LogP contribution in [0.15, 0.2) is 48.7 Å². The number of aromatic nitrogens is 1. The van der Waals surface area contributed by atoms with E-state index in [0.717, 1.165) is 16.6 Å². The lowest BCUT2D eigenvalue weighted by Gasteiger charge is -2.12. The Morgan fingerprint density at radius 2 is 1.96 bits per heavy atom. The number of pyridine rings is 1. The molecule has 126 valence electrons. The fourth-order valence-electron chi connectivity index (χ4n) is 2.34. The Hall–Kier alpha value is -2.81. The van der Waals surface area contributed by atoms with Gasteiger partial charge in [-0.15, -0.1) is 12.4 Å². The minimum Gasteiger partial charge on any atom is -0.465 e. The summed E-state index contributed by atoms with van der Waals surface area (Å²) in [6.07, 6.45) is 1.52. The molecule has 7 heteroatoms. The van der Waals surface area contributed by atoms with Gasteiger partial charge in [-0.2, -0.15) is 5.26 Å². The molecule has 5 nitrogen and oxygen atoms in total. The van der Waals surface area contributed by atoms with E-state index in [0.29, 0.717) is 21.8 Å². The van der Waals surface area contributed by atoms with Crippen molar-refractivity contribution >= 4 is 52.3 Å². The summed E-state index contributed by atoms with van der Waals surface area (Å²) in [5.41, 5.74) is 2.93. The van der Waals surface area contributed by atoms with Gasteiger partial charge in [0.15, 0.2) is 0 Å². The fraction of sp³-hybridized carbons (Fsp3) is 0.0556. The summed E-state index contributed by atoms with van der Waals surface area (Å²) in [7, 11) is 1.33. The van der Waals surface area contributed by atoms with E-state index < -0.39 is 5.97 Å². The normalized spacial score (nSPS) is 9.80. The van der Waals surface area contributed by atoms with Crippen LogP contribution in [0.3, 0.4) is 0 Å². The number of esters is 1. The third kappa shape index (κ3) is 3.82. The molecule has 1 aromatic heterocycles. The highest BCUT2D eigenvalue weighted by Crippen LogP contribution is 2.30. The maximum Gasteiger partial charge on any atom is 0.337 e. The van der Waals surface area contributed by atoms with Gasteiger partial charge in [0.1, 0.15) is 6.07 Å². The van der Waals surface area contributed by atoms with Crippen LogP contribution in [0.1, 0.15) is 15.9 Å². The van der Waals surface area contributed by atoms with Crippen molar-refractivity contribution < 1.29 is 9.53 Å². The summed E-state index contributed by atoms with van der Waals surface area (Å²) in [6.45, 7) is 0. The summed E-state index contributed by atoms with van der Waals surface area (Å²) < 4.78 is 4.68. The highest BCUT2D eigenvalue weighted by molar-refractivity contribution is 6.31. The number of hydrogen-bond donors (Lipinski definition) is 1. The van der Waals surface area contributed by atoms with Gasteiger partial charge in [0.05, 0.1) is 29.4 Å². The van der Waals surface area contributed by atoms with E-state index in [4.69, 9.17) is 11.6 Å². The topological polar surface area (TPSA) is 75.0 Å². The van der Waals surface area contributed by atoms with Crippen LogP contribution >= 0.6 is 24.0 Å². The molecule has 0 radical (unpaired) electrons. The van der Waals surface area contributed by atoms with Crippen LogP contribution < -0.4 is 5.32 Å². The summed E-state index contributed by atoms with van der Waals surface area (Å²) in [5.74, 6) is -0.402. The predicted octanol–water partition coefficient (Wildman–Crippen LogP) is 4.71. The van der Waals surface area contributed by atoms with Crippen molar-refractivity contribution in [3.8, 4) is 6.07 Å². The Kier molecular flexibility index (Phi) is 5.81. The number of nitrogens with one attached hydrogen (secondary N) is 1. The largest absolute Gasteiger partial charge is 0.465 e. The number of fused-ring (bicyclic) bond motifs is 1. The lowest BCUT2D eigenvalue weighted by molar-refractivity contribution is 0.0601. The number of benzene rings is 2. The van der Waals surface area contributed by atoms with E-state index in [9.17, 15) is 10.1 Å². The first-order valence-corrected chi connectivity index (χ1v) is 7.44. The lowest BCUT2D eigenvalue weighted by Crippen LogP contribution is -2.01. The quantitative estimate of drug-likeness (QED) is 0.672. The van der Waals surface area contributed by atoms with E-state index >= 15 is 0 Å². The van der Waals surface area contributed by atoms with E-state index in [1.165, 1.54) is 13.3 Å². The molecular formula is C18H13Cl2N3O2. The van der Waals surface area contributed by atoms with Gasteiger partial charge >= 0.3 is 5.97 Å². The van der Waals surface area contributed by atoms with Crippen molar-refractivity contribution in [2.45, 2.75) is 0 Å². The minimum absolute atomic E-state index is 0. The van der Waals surface area contributed by atoms with Crippen molar-refractivity contribution in [3.63, 3.8) is 0 Å². The molecule has 0 aliphatic carbocycles. The third-order valence-corrected chi connectivity index (χ3v) is 3.76. The molecule has 1 N–H and O–H groups in total. The smallest absolute Gasteiger partial charge is 0.337 e. The first kappa shape index (κ1) is 18.5. The number of anilines is 2. The number of ether oxygens (including phenoxy) is 1. The molecular weight excluding hydrogens is 361 g/mol. The van der Waals surface area contributed by atoms with Gasteiger partial charge in [-0.05, 0) is 42.5 Å². The summed E-state index contributed by atoms with van der Waals surface area (Å²) in [6, 6.07) is 14.2. The Balaban J connectivity index is 0.00000225. The van der Waals surface area contributed by atoms with Gasteiger partial charge < -0.3 is 10.1 Å². The average Bonchev–Trinajstić information content (AvgIpc) is 2.62. The zero-order valence-corrected chi connectivity index (χ0v) is 14.7. The van der Waals surface area contributed by atoms with Gasteiger partial charge in [-0.25, -0.2) is 4.79 Å². The molecule has 1 heterocycles. The van der Waals surface area contributed by atoms with Gasteiger partial charge in [-0.3, -0.25) is 4.98 Å². The standard InChI is InChI=1S/C18H12ClN3O2.ClH/c1-24-18(23)11-2-5-14(6-3-11)22-17-12(9-20)10-21-16-7-4-13(19)8-15(16)17;/h2-8,10H,1H3,(H,21,22);1H. The summed E-state index contributed by atoms with van der Waals surface area (Å²) >= 11 is 6.07. The number of methoxy groups -OCH3 is 1. The molecule has 0 atom stereocenters. The van der Waals surface area contributed by atoms with Crippen LogP contribution in [0.5, 0.6) is 0 Å². The summed E-state index contributed by atoms with van der Waals surface area (Å²) in [5, 5.41) is 13.9. The number of nitrogens with zero attached hydrogens (tertiary/aromatic N) is 2. The second-order valence-corrected chi connectivity index (χ2v) is 5.45. The van der Waals surface area contributed by atoms with Crippen LogP contribution in [0.25, 0.3) is 10.9 Å². The highest BCUT2D eigenvalue weighted by Gasteiger charge is 2.11. The molecule has 3 aromatic rings. The van der Waals surface area contributed by atoms with Crippen LogP contribution in [0.2, 0.25) is 5.02 Å². The molecule has 0 aliphatic rings. The van der Waals surface area contributed by atoms with Gasteiger partial charge in [0.2, 0.25) is 0 Å². The zero-order valence-electron chi connectivity index (χ0n) is 13.1. The van der Waals surface area contributed by atoms with Crippen molar-refractivity contribution in [1.29, 1.82) is 5.26 Å². The van der Waals surface area contributed by atoms with E-state index in [1.807, 2.05) is 0 Å². The molecule has 2 aromatic carbocycles. The first-order valence-electron chi connectivity index (χ1n) is 7.06. The number of hydrogen-bond acceptors (Lipinski definition) is 5. The number of carbonyl (C=O) groups excluding carboxylic acids is 1. The Bertz CT molecular complexity index is 966. The lowest BCUT2D eigenvalue weighted by atomic mass is 10.1. The number of rotatable bonds is 3. The molecule has 3 rings (SSSR count). The molecule has 0 saturated heterocycles. The maximum absolute atomic E-state index is 11.5. The van der Waals surface area contributed by atoms with Gasteiger partial charge in [-0.1, -0.05) is 11.6 Å². The van der Waals surface area contributed by atoms with Crippen molar-refractivity contribution in [2.75, 3.05) is 12.4 Å². The second kappa shape index (κ2) is 7.84. The van der Waals surface area contributed by atoms with Crippen molar-refractivity contribution in [2.24, 2.45) is 0 Å². The molecule has 0 spiro atoms. The molecule has 0 bridgehead atoms. The second-order valence-electron chi connectivity index (χ2n) is 5.01. The Labute approximate surface area is 155 Å². The first-order chi connectivity index (χ1) is 11.6. The monoisotopic (exact) mass is 373 g/mol. The minimum atomic E-state index is -0.402. The van der Waals surface area contributed by atoms with E-state index in [1.54, 1.807) is 42.5 Å². The van der Waals surface area contributed by atoms with Crippen LogP contribution in [-0.2, 0) is 4.74 Å². The number of halogens is 2. The molecule has 25 heavy (non-hydrogen) atoms. The number of carbonyl (C=O) groups is 1. The zero-order chi connectivity index (χ0) is 17.1. The molecule has 0 amide bonds. The van der Waals surface area contributed by atoms with Gasteiger partial charge in [0, 0.05) is 22.3 Å². The predicted molar refractivity (Wildman–Crippen MR) is 99.8 cm³/mol. The molecule has 0 aliphatic heterocycles. The van der Waals surface area contributed by atoms with Gasteiger partial charge in [0.25, 0.3) is 0 Å². The third-order valence-electron chi connectivity index (χ3n) is 3.53. The van der Waals surface area contributed by atoms with E-state index in [2.05, 4.69) is 21.1 Å². The Morgan fingerprint density at radius 1 is 1.24 bits per heavy atom. The average molecular weight is 374 g/mol. The maximum atomic E-state index is 11.5. The Morgan fingerprint density at radius 3 is 2.60 bits per heavy atom. The van der Waals surface area contributed by atoms with Crippen LogP contribution in [0, 0.1) is 11.3 Å². The van der Waals surface area contributed by atoms with Crippen molar-refractivity contribution in [1.82, 2.24) is 4.98 Å². The highest BCUT2D eigenvalue weighted by atomic mass is 35.5. The summed E-state index contributed by atoms with van der Waals surface area (Å²) in [4.78, 5) is 15.7. The number of nitriles is 1. The van der Waals surface area contributed by atoms with Crippen LogP contribution in [0.4, 0.5) is 11.4 Å². The molecule has 0 fully saturated rings. The molecule has 0 unspecified atom stereocenters. The SMILES string of the molecule is COC(=O)c1ccc(Nc2c(C#N)cnc3ccc(Cl)cc23)cc1.Cl. The van der Waals surface area contributed by atoms with E-state index in [-0.39, 0.29) is 12.4 Å². The molecule has 0 saturated carbocycles.